The first-order chi connectivity index (χ1) is 15.2. The number of nitrogens with one attached hydrogen (secondary N) is 1. The molecule has 32 heavy (non-hydrogen) atoms. The highest BCUT2D eigenvalue weighted by Crippen LogP contribution is 2.27. The molecule has 0 aromatic heterocycles. The van der Waals surface area contributed by atoms with Crippen LogP contribution in [0.5, 0.6) is 5.75 Å². The lowest BCUT2D eigenvalue weighted by Gasteiger charge is -2.24. The van der Waals surface area contributed by atoms with E-state index in [-0.39, 0.29) is 11.4 Å². The fourth-order valence-corrected chi connectivity index (χ4v) is 4.76. The molecule has 0 spiro atoms. The van der Waals surface area contributed by atoms with E-state index in [1.807, 2.05) is 32.9 Å². The van der Waals surface area contributed by atoms with E-state index in [2.05, 4.69) is 21.2 Å². The molecule has 0 aliphatic heterocycles. The maximum Gasteiger partial charge on any atom is 0.264 e. The molecule has 3 aromatic carbocycles. The Morgan fingerprint density at radius 3 is 2.22 bits per heavy atom. The average Bonchev–Trinajstić information content (AvgIpc) is 2.76. The Kier molecular flexibility index (Phi) is 7.58. The molecule has 0 saturated carbocycles. The van der Waals surface area contributed by atoms with Crippen LogP contribution in [0.2, 0.25) is 0 Å². The minimum Gasteiger partial charge on any atom is -0.494 e. The van der Waals surface area contributed by atoms with E-state index >= 15 is 0 Å². The highest BCUT2D eigenvalue weighted by atomic mass is 79.9. The van der Waals surface area contributed by atoms with Gasteiger partial charge in [0.2, 0.25) is 5.91 Å². The summed E-state index contributed by atoms with van der Waals surface area (Å²) in [4.78, 5) is 12.9. The van der Waals surface area contributed by atoms with Crippen LogP contribution in [0.15, 0.2) is 76.1 Å². The molecule has 3 rings (SSSR count). The van der Waals surface area contributed by atoms with Crippen LogP contribution in [0, 0.1) is 13.8 Å². The van der Waals surface area contributed by atoms with Crippen molar-refractivity contribution in [1.82, 2.24) is 0 Å². The molecule has 0 unspecified atom stereocenters. The van der Waals surface area contributed by atoms with Gasteiger partial charge in [-0.15, -0.1) is 0 Å². The van der Waals surface area contributed by atoms with Crippen molar-refractivity contribution in [2.24, 2.45) is 0 Å². The molecule has 1 N–H and O–H groups in total. The number of aryl methyl sites for hydroxylation is 2. The molecule has 0 saturated heterocycles. The Balaban J connectivity index is 1.93. The van der Waals surface area contributed by atoms with Crippen molar-refractivity contribution in [2.45, 2.75) is 25.7 Å². The summed E-state index contributed by atoms with van der Waals surface area (Å²) in [5.74, 6) is 0.180. The van der Waals surface area contributed by atoms with Crippen LogP contribution in [0.25, 0.3) is 0 Å². The Hall–Kier alpha value is -2.84. The van der Waals surface area contributed by atoms with E-state index in [1.165, 1.54) is 12.1 Å². The molecule has 0 aliphatic rings. The highest BCUT2D eigenvalue weighted by Gasteiger charge is 2.27. The minimum absolute atomic E-state index is 0.0913. The maximum absolute atomic E-state index is 13.4. The van der Waals surface area contributed by atoms with Gasteiger partial charge in [0.1, 0.15) is 12.3 Å². The second kappa shape index (κ2) is 10.2. The second-order valence-electron chi connectivity index (χ2n) is 7.24. The molecule has 168 valence electrons. The van der Waals surface area contributed by atoms with Gasteiger partial charge < -0.3 is 10.1 Å². The number of amides is 1. The number of carbonyl (C=O) groups is 1. The number of hydrogen-bond acceptors (Lipinski definition) is 4. The Morgan fingerprint density at radius 1 is 0.969 bits per heavy atom. The fraction of sp³-hybridized carbons (Fsp3) is 0.208. The Morgan fingerprint density at radius 2 is 1.62 bits per heavy atom. The predicted molar refractivity (Wildman–Crippen MR) is 131 cm³/mol. The molecular formula is C24H25BrN2O4S. The van der Waals surface area contributed by atoms with Gasteiger partial charge in [-0.2, -0.15) is 0 Å². The molecule has 8 heteroatoms. The fourth-order valence-electron chi connectivity index (χ4n) is 3.07. The number of halogens is 1. The van der Waals surface area contributed by atoms with Crippen molar-refractivity contribution in [2.75, 3.05) is 22.8 Å². The standard InChI is InChI=1S/C24H25BrN2O4S/c1-4-31-22-11-9-21(10-12-22)27(32(29,30)23-13-6-19(25)7-14-23)16-24(28)26-20-8-5-17(2)18(3)15-20/h5-15H,4,16H2,1-3H3,(H,26,28). The molecule has 0 aliphatic carbocycles. The molecular weight excluding hydrogens is 492 g/mol. The lowest BCUT2D eigenvalue weighted by Crippen LogP contribution is -2.38. The molecule has 3 aromatic rings. The number of sulfonamides is 1. The number of hydrogen-bond donors (Lipinski definition) is 1. The monoisotopic (exact) mass is 516 g/mol. The third-order valence-electron chi connectivity index (χ3n) is 4.92. The summed E-state index contributed by atoms with van der Waals surface area (Å²) >= 11 is 3.32. The van der Waals surface area contributed by atoms with E-state index in [9.17, 15) is 13.2 Å². The van der Waals surface area contributed by atoms with Gasteiger partial charge in [-0.3, -0.25) is 9.10 Å². The summed E-state index contributed by atoms with van der Waals surface area (Å²) in [6, 6.07) is 18.5. The van der Waals surface area contributed by atoms with Crippen LogP contribution in [0.1, 0.15) is 18.1 Å². The zero-order valence-corrected chi connectivity index (χ0v) is 20.5. The zero-order chi connectivity index (χ0) is 23.3. The van der Waals surface area contributed by atoms with Crippen molar-refractivity contribution in [3.63, 3.8) is 0 Å². The van der Waals surface area contributed by atoms with E-state index < -0.39 is 15.9 Å². The van der Waals surface area contributed by atoms with Gasteiger partial charge in [0.25, 0.3) is 10.0 Å². The van der Waals surface area contributed by atoms with Crippen LogP contribution in [0.3, 0.4) is 0 Å². The number of rotatable bonds is 8. The summed E-state index contributed by atoms with van der Waals surface area (Å²) in [6.45, 7) is 5.93. The smallest absolute Gasteiger partial charge is 0.264 e. The second-order valence-corrected chi connectivity index (χ2v) is 10.0. The summed E-state index contributed by atoms with van der Waals surface area (Å²) < 4.78 is 34.2. The lowest BCUT2D eigenvalue weighted by atomic mass is 10.1. The highest BCUT2D eigenvalue weighted by molar-refractivity contribution is 9.10. The summed E-state index contributed by atoms with van der Waals surface area (Å²) in [7, 11) is -3.99. The van der Waals surface area contributed by atoms with Gasteiger partial charge in [0, 0.05) is 10.2 Å². The lowest BCUT2D eigenvalue weighted by molar-refractivity contribution is -0.114. The third kappa shape index (κ3) is 5.69. The largest absolute Gasteiger partial charge is 0.494 e. The summed E-state index contributed by atoms with van der Waals surface area (Å²) in [5, 5.41) is 2.80. The first-order valence-electron chi connectivity index (χ1n) is 10.1. The van der Waals surface area contributed by atoms with Crippen molar-refractivity contribution in [1.29, 1.82) is 0 Å². The molecule has 0 bridgehead atoms. The third-order valence-corrected chi connectivity index (χ3v) is 7.23. The normalized spacial score (nSPS) is 11.1. The van der Waals surface area contributed by atoms with Crippen molar-refractivity contribution >= 4 is 43.2 Å². The number of ether oxygens (including phenoxy) is 1. The van der Waals surface area contributed by atoms with Gasteiger partial charge in [-0.05, 0) is 92.6 Å². The molecule has 0 heterocycles. The van der Waals surface area contributed by atoms with Crippen LogP contribution in [-0.2, 0) is 14.8 Å². The van der Waals surface area contributed by atoms with Crippen molar-refractivity contribution in [3.8, 4) is 5.75 Å². The molecule has 0 fully saturated rings. The Bertz CT molecular complexity index is 1190. The van der Waals surface area contributed by atoms with Gasteiger partial charge in [-0.25, -0.2) is 8.42 Å². The summed E-state index contributed by atoms with van der Waals surface area (Å²) in [5.41, 5.74) is 3.13. The molecule has 6 nitrogen and oxygen atoms in total. The zero-order valence-electron chi connectivity index (χ0n) is 18.1. The van der Waals surface area contributed by atoms with Gasteiger partial charge >= 0.3 is 0 Å². The van der Waals surface area contributed by atoms with Gasteiger partial charge in [-0.1, -0.05) is 22.0 Å². The van der Waals surface area contributed by atoms with Gasteiger partial charge in [0.15, 0.2) is 0 Å². The van der Waals surface area contributed by atoms with E-state index in [4.69, 9.17) is 4.74 Å². The number of anilines is 2. The van der Waals surface area contributed by atoms with Crippen LogP contribution >= 0.6 is 15.9 Å². The topological polar surface area (TPSA) is 75.7 Å². The molecule has 0 atom stereocenters. The predicted octanol–water partition coefficient (Wildman–Crippen LogP) is 5.30. The molecule has 1 amide bonds. The van der Waals surface area contributed by atoms with Gasteiger partial charge in [0.05, 0.1) is 17.2 Å². The van der Waals surface area contributed by atoms with E-state index in [0.717, 1.165) is 19.9 Å². The number of benzene rings is 3. The van der Waals surface area contributed by atoms with Crippen LogP contribution in [0.4, 0.5) is 11.4 Å². The van der Waals surface area contributed by atoms with E-state index in [1.54, 1.807) is 42.5 Å². The first kappa shape index (κ1) is 23.8. The average molecular weight is 517 g/mol. The number of carbonyl (C=O) groups excluding carboxylic acids is 1. The summed E-state index contributed by atoms with van der Waals surface area (Å²) in [6.07, 6.45) is 0. The van der Waals surface area contributed by atoms with Crippen molar-refractivity contribution in [3.05, 3.63) is 82.3 Å². The van der Waals surface area contributed by atoms with E-state index in [0.29, 0.717) is 23.7 Å². The number of nitrogens with zero attached hydrogens (tertiary/aromatic N) is 1. The first-order valence-corrected chi connectivity index (χ1v) is 12.3. The van der Waals surface area contributed by atoms with Crippen LogP contribution < -0.4 is 14.4 Å². The SMILES string of the molecule is CCOc1ccc(N(CC(=O)Nc2ccc(C)c(C)c2)S(=O)(=O)c2ccc(Br)cc2)cc1. The van der Waals surface area contributed by atoms with Crippen molar-refractivity contribution < 1.29 is 17.9 Å². The molecule has 0 radical (unpaired) electrons. The maximum atomic E-state index is 13.4. The Labute approximate surface area is 197 Å². The quantitative estimate of drug-likeness (QED) is 0.440. The minimum atomic E-state index is -3.99. The van der Waals surface area contributed by atoms with Crippen LogP contribution in [-0.4, -0.2) is 27.5 Å².